The van der Waals surface area contributed by atoms with Gasteiger partial charge in [-0.15, -0.1) is 0 Å². The zero-order chi connectivity index (χ0) is 17.7. The molecule has 0 aromatic heterocycles. The molecule has 5 nitrogen and oxygen atoms in total. The first-order valence-corrected chi connectivity index (χ1v) is 10.9. The van der Waals surface area contributed by atoms with E-state index in [2.05, 4.69) is 0 Å². The van der Waals surface area contributed by atoms with Crippen molar-refractivity contribution in [1.82, 2.24) is 4.31 Å². The van der Waals surface area contributed by atoms with Crippen LogP contribution in [-0.4, -0.2) is 45.1 Å². The van der Waals surface area contributed by atoms with Crippen LogP contribution < -0.4 is 4.74 Å². The molecule has 2 fully saturated rings. The quantitative estimate of drug-likeness (QED) is 0.741. The normalized spacial score (nSPS) is 23.0. The molecule has 1 aliphatic heterocycles. The van der Waals surface area contributed by atoms with E-state index >= 15 is 0 Å². The molecule has 140 valence electrons. The number of rotatable bonds is 7. The topological polar surface area (TPSA) is 55.8 Å². The third-order valence-corrected chi connectivity index (χ3v) is 6.99. The third kappa shape index (κ3) is 4.74. The molecule has 0 radical (unpaired) electrons. The maximum absolute atomic E-state index is 12.9. The number of hydrogen-bond donors (Lipinski definition) is 0. The highest BCUT2D eigenvalue weighted by molar-refractivity contribution is 7.89. The maximum Gasteiger partial charge on any atom is 0.243 e. The summed E-state index contributed by atoms with van der Waals surface area (Å²) >= 11 is 0. The molecule has 0 bridgehead atoms. The summed E-state index contributed by atoms with van der Waals surface area (Å²) in [6.07, 6.45) is 6.82. The van der Waals surface area contributed by atoms with Crippen LogP contribution in [0.15, 0.2) is 29.2 Å². The number of benzene rings is 1. The van der Waals surface area contributed by atoms with Crippen LogP contribution in [0.25, 0.3) is 0 Å². The van der Waals surface area contributed by atoms with E-state index in [1.54, 1.807) is 28.6 Å². The van der Waals surface area contributed by atoms with Gasteiger partial charge in [-0.2, -0.15) is 4.31 Å². The maximum atomic E-state index is 12.9. The van der Waals surface area contributed by atoms with Gasteiger partial charge in [0, 0.05) is 19.7 Å². The highest BCUT2D eigenvalue weighted by Crippen LogP contribution is 2.27. The average Bonchev–Trinajstić information content (AvgIpc) is 3.14. The molecular formula is C19H29NO4S. The second-order valence-electron chi connectivity index (χ2n) is 7.03. The molecule has 1 aromatic carbocycles. The van der Waals surface area contributed by atoms with Crippen LogP contribution >= 0.6 is 0 Å². The van der Waals surface area contributed by atoms with E-state index in [0.717, 1.165) is 31.4 Å². The van der Waals surface area contributed by atoms with Gasteiger partial charge in [0.15, 0.2) is 0 Å². The number of piperidine rings is 1. The van der Waals surface area contributed by atoms with Crippen LogP contribution in [0.3, 0.4) is 0 Å². The van der Waals surface area contributed by atoms with Gasteiger partial charge >= 0.3 is 0 Å². The molecule has 1 unspecified atom stereocenters. The minimum atomic E-state index is -3.44. The SMILES string of the molecule is CCOCC1CCCN(S(=O)(=O)c2ccc(OC3CCCC3)cc2)C1. The van der Waals surface area contributed by atoms with Crippen LogP contribution in [-0.2, 0) is 14.8 Å². The first kappa shape index (κ1) is 18.7. The first-order chi connectivity index (χ1) is 12.1. The van der Waals surface area contributed by atoms with Crippen molar-refractivity contribution in [2.75, 3.05) is 26.3 Å². The Labute approximate surface area is 151 Å². The van der Waals surface area contributed by atoms with E-state index in [4.69, 9.17) is 9.47 Å². The fourth-order valence-electron chi connectivity index (χ4n) is 3.70. The Bertz CT molecular complexity index is 638. The molecule has 0 N–H and O–H groups in total. The van der Waals surface area contributed by atoms with Crippen LogP contribution in [0.2, 0.25) is 0 Å². The summed E-state index contributed by atoms with van der Waals surface area (Å²) in [6, 6.07) is 6.91. The highest BCUT2D eigenvalue weighted by Gasteiger charge is 2.30. The lowest BCUT2D eigenvalue weighted by molar-refractivity contribution is 0.0864. The van der Waals surface area contributed by atoms with Crippen LogP contribution in [0.4, 0.5) is 0 Å². The zero-order valence-electron chi connectivity index (χ0n) is 15.0. The van der Waals surface area contributed by atoms with Crippen molar-refractivity contribution in [3.8, 4) is 5.75 Å². The molecule has 3 rings (SSSR count). The summed E-state index contributed by atoms with van der Waals surface area (Å²) in [5.74, 6) is 1.05. The summed E-state index contributed by atoms with van der Waals surface area (Å²) in [5.41, 5.74) is 0. The molecule has 1 atom stereocenters. The molecule has 2 aliphatic rings. The van der Waals surface area contributed by atoms with Crippen LogP contribution in [0.1, 0.15) is 45.4 Å². The Morgan fingerprint density at radius 1 is 1.08 bits per heavy atom. The van der Waals surface area contributed by atoms with E-state index in [1.165, 1.54) is 12.8 Å². The standard InChI is InChI=1S/C19H29NO4S/c1-2-23-15-16-6-5-13-20(14-16)25(21,22)19-11-9-18(10-12-19)24-17-7-3-4-8-17/h9-12,16-17H,2-8,13-15H2,1H3. The molecule has 6 heteroatoms. The summed E-state index contributed by atoms with van der Waals surface area (Å²) in [6.45, 7) is 4.41. The molecule has 1 aliphatic carbocycles. The Morgan fingerprint density at radius 2 is 1.80 bits per heavy atom. The summed E-state index contributed by atoms with van der Waals surface area (Å²) in [5, 5.41) is 0. The molecule has 1 saturated carbocycles. The molecular weight excluding hydrogens is 338 g/mol. The van der Waals surface area contributed by atoms with Gasteiger partial charge in [-0.1, -0.05) is 0 Å². The minimum Gasteiger partial charge on any atom is -0.490 e. The van der Waals surface area contributed by atoms with Crippen molar-refractivity contribution in [2.24, 2.45) is 5.92 Å². The predicted molar refractivity (Wildman–Crippen MR) is 97.3 cm³/mol. The Balaban J connectivity index is 1.64. The Kier molecular flexibility index (Phi) is 6.36. The molecule has 1 aromatic rings. The van der Waals surface area contributed by atoms with E-state index < -0.39 is 10.0 Å². The summed E-state index contributed by atoms with van der Waals surface area (Å²) in [4.78, 5) is 0.350. The van der Waals surface area contributed by atoms with Gasteiger partial charge in [-0.05, 0) is 75.6 Å². The van der Waals surface area contributed by atoms with Gasteiger partial charge in [-0.25, -0.2) is 8.42 Å². The van der Waals surface area contributed by atoms with Crippen molar-refractivity contribution in [3.63, 3.8) is 0 Å². The van der Waals surface area contributed by atoms with Gasteiger partial charge in [0.1, 0.15) is 5.75 Å². The third-order valence-electron chi connectivity index (χ3n) is 5.11. The van der Waals surface area contributed by atoms with Crippen LogP contribution in [0.5, 0.6) is 5.75 Å². The second kappa shape index (κ2) is 8.52. The molecule has 1 saturated heterocycles. The molecule has 0 amide bonds. The number of sulfonamides is 1. The minimum absolute atomic E-state index is 0.281. The van der Waals surface area contributed by atoms with Gasteiger partial charge < -0.3 is 9.47 Å². The lowest BCUT2D eigenvalue weighted by Crippen LogP contribution is -2.41. The average molecular weight is 368 g/mol. The lowest BCUT2D eigenvalue weighted by atomic mass is 10.0. The molecule has 1 heterocycles. The number of nitrogens with zero attached hydrogens (tertiary/aromatic N) is 1. The molecule has 25 heavy (non-hydrogen) atoms. The van der Waals surface area contributed by atoms with Crippen molar-refractivity contribution < 1.29 is 17.9 Å². The van der Waals surface area contributed by atoms with E-state index in [-0.39, 0.29) is 12.0 Å². The number of hydrogen-bond acceptors (Lipinski definition) is 4. The van der Waals surface area contributed by atoms with E-state index in [0.29, 0.717) is 31.2 Å². The van der Waals surface area contributed by atoms with Gasteiger partial charge in [0.2, 0.25) is 10.0 Å². The zero-order valence-corrected chi connectivity index (χ0v) is 15.8. The Hall–Kier alpha value is -1.11. The predicted octanol–water partition coefficient (Wildman–Crippen LogP) is 3.45. The van der Waals surface area contributed by atoms with Crippen molar-refractivity contribution >= 4 is 10.0 Å². The fraction of sp³-hybridized carbons (Fsp3) is 0.684. The van der Waals surface area contributed by atoms with Gasteiger partial charge in [-0.3, -0.25) is 0 Å². The second-order valence-corrected chi connectivity index (χ2v) is 8.96. The largest absolute Gasteiger partial charge is 0.490 e. The van der Waals surface area contributed by atoms with E-state index in [9.17, 15) is 8.42 Å². The monoisotopic (exact) mass is 367 g/mol. The fourth-order valence-corrected chi connectivity index (χ4v) is 5.26. The van der Waals surface area contributed by atoms with Gasteiger partial charge in [0.25, 0.3) is 0 Å². The van der Waals surface area contributed by atoms with Gasteiger partial charge in [0.05, 0.1) is 17.6 Å². The number of ether oxygens (including phenoxy) is 2. The summed E-state index contributed by atoms with van der Waals surface area (Å²) in [7, 11) is -3.44. The van der Waals surface area contributed by atoms with E-state index in [1.807, 2.05) is 6.92 Å². The molecule has 0 spiro atoms. The smallest absolute Gasteiger partial charge is 0.243 e. The Morgan fingerprint density at radius 3 is 2.48 bits per heavy atom. The summed E-state index contributed by atoms with van der Waals surface area (Å²) < 4.78 is 38.8. The van der Waals surface area contributed by atoms with Crippen molar-refractivity contribution in [2.45, 2.75) is 56.4 Å². The highest BCUT2D eigenvalue weighted by atomic mass is 32.2. The van der Waals surface area contributed by atoms with Crippen LogP contribution in [0, 0.1) is 5.92 Å². The first-order valence-electron chi connectivity index (χ1n) is 9.44. The van der Waals surface area contributed by atoms with Crippen molar-refractivity contribution in [1.29, 1.82) is 0 Å². The lowest BCUT2D eigenvalue weighted by Gasteiger charge is -2.31. The van der Waals surface area contributed by atoms with Crippen molar-refractivity contribution in [3.05, 3.63) is 24.3 Å².